The molecule has 1 aromatic heterocycles. The lowest BCUT2D eigenvalue weighted by atomic mass is 10.1. The van der Waals surface area contributed by atoms with E-state index in [4.69, 9.17) is 37.1 Å². The molecule has 0 saturated carbocycles. The lowest BCUT2D eigenvalue weighted by Gasteiger charge is -2.14. The first kappa shape index (κ1) is 22.3. The number of hydrogen-bond acceptors (Lipinski definition) is 8. The molecule has 2 aliphatic rings. The molecule has 2 amide bonds. The number of carbonyl (C=O) groups is 2. The minimum absolute atomic E-state index is 0.0438. The van der Waals surface area contributed by atoms with Crippen LogP contribution in [0.4, 0.5) is 10.5 Å². The summed E-state index contributed by atoms with van der Waals surface area (Å²) in [5.41, 5.74) is 0.554. The van der Waals surface area contributed by atoms with Crippen LogP contribution < -0.4 is 9.47 Å². The standard InChI is InChI=1S/C22H12Cl2N2O7S/c23-12-1-3-14(16(6-12)26(29)30)17-4-2-13(33-17)7-20-21(27)25(22(28)34-20)9-11-5-18-19(8-15(11)24)32-10-31-18/h1-8H,9-10H2/b20-7-. The summed E-state index contributed by atoms with van der Waals surface area (Å²) in [7, 11) is 0. The van der Waals surface area contributed by atoms with Crippen molar-refractivity contribution in [3.8, 4) is 22.8 Å². The van der Waals surface area contributed by atoms with Crippen LogP contribution in [0.3, 0.4) is 0 Å². The van der Waals surface area contributed by atoms with Gasteiger partial charge < -0.3 is 13.9 Å². The Morgan fingerprint density at radius 3 is 2.62 bits per heavy atom. The number of halogens is 2. The fourth-order valence-electron chi connectivity index (χ4n) is 3.46. The van der Waals surface area contributed by atoms with E-state index in [1.807, 2.05) is 0 Å². The number of carbonyl (C=O) groups excluding carboxylic acids is 2. The van der Waals surface area contributed by atoms with E-state index in [1.54, 1.807) is 24.3 Å². The van der Waals surface area contributed by atoms with Gasteiger partial charge in [-0.15, -0.1) is 0 Å². The summed E-state index contributed by atoms with van der Waals surface area (Å²) in [6.45, 7) is 0.0294. The predicted molar refractivity (Wildman–Crippen MR) is 125 cm³/mol. The van der Waals surface area contributed by atoms with Gasteiger partial charge in [-0.05, 0) is 47.7 Å². The Balaban J connectivity index is 1.38. The number of rotatable bonds is 5. The first-order valence-electron chi connectivity index (χ1n) is 9.67. The van der Waals surface area contributed by atoms with E-state index >= 15 is 0 Å². The van der Waals surface area contributed by atoms with E-state index in [1.165, 1.54) is 24.3 Å². The molecular formula is C22H12Cl2N2O7S. The SMILES string of the molecule is O=C1S/C(=C\c2ccc(-c3ccc(Cl)cc3[N+](=O)[O-])o2)C(=O)N1Cc1cc2c(cc1Cl)OCO2. The van der Waals surface area contributed by atoms with Crippen LogP contribution in [0.2, 0.25) is 10.0 Å². The highest BCUT2D eigenvalue weighted by atomic mass is 35.5. The van der Waals surface area contributed by atoms with Gasteiger partial charge in [-0.3, -0.25) is 24.6 Å². The van der Waals surface area contributed by atoms with Gasteiger partial charge in [-0.25, -0.2) is 0 Å². The number of nitro groups is 1. The van der Waals surface area contributed by atoms with Crippen molar-refractivity contribution in [3.05, 3.63) is 78.9 Å². The van der Waals surface area contributed by atoms with Crippen LogP contribution in [0.5, 0.6) is 11.5 Å². The first-order valence-corrected chi connectivity index (χ1v) is 11.2. The highest BCUT2D eigenvalue weighted by Crippen LogP contribution is 2.40. The summed E-state index contributed by atoms with van der Waals surface area (Å²) in [4.78, 5) is 37.4. The summed E-state index contributed by atoms with van der Waals surface area (Å²) < 4.78 is 16.3. The molecule has 3 aromatic rings. The number of nitro benzene ring substituents is 1. The number of amides is 2. The minimum Gasteiger partial charge on any atom is -0.456 e. The number of hydrogen-bond donors (Lipinski definition) is 0. The highest BCUT2D eigenvalue weighted by Gasteiger charge is 2.36. The third-order valence-electron chi connectivity index (χ3n) is 5.07. The Morgan fingerprint density at radius 2 is 1.85 bits per heavy atom. The lowest BCUT2D eigenvalue weighted by molar-refractivity contribution is -0.384. The van der Waals surface area contributed by atoms with Crippen molar-refractivity contribution in [3.63, 3.8) is 0 Å². The zero-order chi connectivity index (χ0) is 24.0. The molecule has 0 unspecified atom stereocenters. The molecule has 172 valence electrons. The van der Waals surface area contributed by atoms with Crippen LogP contribution in [-0.4, -0.2) is 27.8 Å². The van der Waals surface area contributed by atoms with Crippen LogP contribution in [0.25, 0.3) is 17.4 Å². The van der Waals surface area contributed by atoms with E-state index in [2.05, 4.69) is 0 Å². The average Bonchev–Trinajstić information content (AvgIpc) is 3.50. The molecule has 2 aromatic carbocycles. The molecule has 9 nitrogen and oxygen atoms in total. The summed E-state index contributed by atoms with van der Waals surface area (Å²) in [6, 6.07) is 10.5. The Morgan fingerprint density at radius 1 is 1.09 bits per heavy atom. The number of imide groups is 1. The van der Waals surface area contributed by atoms with Gasteiger partial charge in [0, 0.05) is 28.3 Å². The van der Waals surface area contributed by atoms with E-state index in [0.717, 1.165) is 16.7 Å². The number of fused-ring (bicyclic) bond motifs is 1. The van der Waals surface area contributed by atoms with Crippen molar-refractivity contribution in [2.75, 3.05) is 6.79 Å². The second kappa shape index (κ2) is 8.71. The van der Waals surface area contributed by atoms with Gasteiger partial charge in [-0.1, -0.05) is 23.2 Å². The monoisotopic (exact) mass is 518 g/mol. The van der Waals surface area contributed by atoms with Crippen molar-refractivity contribution in [1.29, 1.82) is 0 Å². The normalized spacial score (nSPS) is 16.1. The molecule has 5 rings (SSSR count). The van der Waals surface area contributed by atoms with Gasteiger partial charge in [0.2, 0.25) is 6.79 Å². The maximum atomic E-state index is 12.9. The van der Waals surface area contributed by atoms with Gasteiger partial charge >= 0.3 is 0 Å². The zero-order valence-corrected chi connectivity index (χ0v) is 19.3. The molecule has 1 fully saturated rings. The topological polar surface area (TPSA) is 112 Å². The van der Waals surface area contributed by atoms with Gasteiger partial charge in [0.1, 0.15) is 11.5 Å². The Hall–Kier alpha value is -3.47. The minimum atomic E-state index is -0.559. The Bertz CT molecular complexity index is 1400. The average molecular weight is 519 g/mol. The summed E-state index contributed by atoms with van der Waals surface area (Å²) in [5.74, 6) is 0.949. The van der Waals surface area contributed by atoms with Gasteiger partial charge in [-0.2, -0.15) is 0 Å². The quantitative estimate of drug-likeness (QED) is 0.225. The fraction of sp³-hybridized carbons (Fsp3) is 0.0909. The molecule has 0 atom stereocenters. The van der Waals surface area contributed by atoms with Crippen molar-refractivity contribution in [2.24, 2.45) is 0 Å². The molecular weight excluding hydrogens is 507 g/mol. The zero-order valence-electron chi connectivity index (χ0n) is 16.9. The molecule has 3 heterocycles. The molecule has 2 aliphatic heterocycles. The third-order valence-corrected chi connectivity index (χ3v) is 6.56. The van der Waals surface area contributed by atoms with Gasteiger partial charge in [0.05, 0.1) is 21.9 Å². The number of benzene rings is 2. The lowest BCUT2D eigenvalue weighted by Crippen LogP contribution is -2.27. The molecule has 0 aliphatic carbocycles. The maximum Gasteiger partial charge on any atom is 0.293 e. The molecule has 12 heteroatoms. The van der Waals surface area contributed by atoms with Crippen molar-refractivity contribution in [1.82, 2.24) is 4.90 Å². The third kappa shape index (κ3) is 4.11. The van der Waals surface area contributed by atoms with E-state index in [0.29, 0.717) is 22.1 Å². The Labute approximate surface area is 206 Å². The van der Waals surface area contributed by atoms with Crippen molar-refractivity contribution >= 4 is 57.9 Å². The van der Waals surface area contributed by atoms with Crippen LogP contribution in [0.1, 0.15) is 11.3 Å². The predicted octanol–water partition coefficient (Wildman–Crippen LogP) is 6.13. The molecule has 0 N–H and O–H groups in total. The molecule has 34 heavy (non-hydrogen) atoms. The highest BCUT2D eigenvalue weighted by molar-refractivity contribution is 8.18. The van der Waals surface area contributed by atoms with E-state index in [-0.39, 0.29) is 46.0 Å². The van der Waals surface area contributed by atoms with Crippen molar-refractivity contribution in [2.45, 2.75) is 6.54 Å². The number of thioether (sulfide) groups is 1. The first-order chi connectivity index (χ1) is 16.3. The summed E-state index contributed by atoms with van der Waals surface area (Å²) in [5, 5.41) is 11.5. The number of ether oxygens (including phenoxy) is 2. The fourth-order valence-corrected chi connectivity index (χ4v) is 4.65. The van der Waals surface area contributed by atoms with Gasteiger partial charge in [0.15, 0.2) is 11.5 Å². The smallest absolute Gasteiger partial charge is 0.293 e. The molecule has 0 spiro atoms. The summed E-state index contributed by atoms with van der Waals surface area (Å²) >= 11 is 12.9. The van der Waals surface area contributed by atoms with Gasteiger partial charge in [0.25, 0.3) is 16.8 Å². The summed E-state index contributed by atoms with van der Waals surface area (Å²) in [6.07, 6.45) is 1.41. The van der Waals surface area contributed by atoms with Crippen LogP contribution in [0.15, 0.2) is 51.8 Å². The van der Waals surface area contributed by atoms with Crippen LogP contribution in [0, 0.1) is 10.1 Å². The largest absolute Gasteiger partial charge is 0.456 e. The van der Waals surface area contributed by atoms with Crippen LogP contribution >= 0.6 is 35.0 Å². The maximum absolute atomic E-state index is 12.9. The number of nitrogens with zero attached hydrogens (tertiary/aromatic N) is 2. The van der Waals surface area contributed by atoms with Crippen LogP contribution in [-0.2, 0) is 11.3 Å². The Kier molecular flexibility index (Phi) is 5.72. The van der Waals surface area contributed by atoms with Crippen molar-refractivity contribution < 1.29 is 28.4 Å². The second-order valence-corrected chi connectivity index (χ2v) is 9.02. The van der Waals surface area contributed by atoms with E-state index < -0.39 is 16.1 Å². The number of furan rings is 1. The van der Waals surface area contributed by atoms with E-state index in [9.17, 15) is 19.7 Å². The molecule has 0 radical (unpaired) electrons. The second-order valence-electron chi connectivity index (χ2n) is 7.19. The molecule has 0 bridgehead atoms. The molecule has 1 saturated heterocycles.